The molecule has 1 nitrogen and oxygen atoms in total. The van der Waals surface area contributed by atoms with Crippen LogP contribution in [0.1, 0.15) is 29.7 Å². The van der Waals surface area contributed by atoms with Gasteiger partial charge in [0.25, 0.3) is 0 Å². The van der Waals surface area contributed by atoms with Crippen LogP contribution in [0.15, 0.2) is 18.2 Å². The molecule has 0 aliphatic heterocycles. The third-order valence-corrected chi connectivity index (χ3v) is 4.04. The molecule has 0 N–H and O–H groups in total. The van der Waals surface area contributed by atoms with Crippen molar-refractivity contribution in [2.45, 2.75) is 31.0 Å². The molecule has 2 aromatic rings. The van der Waals surface area contributed by atoms with Crippen molar-refractivity contribution in [3.05, 3.63) is 40.8 Å². The van der Waals surface area contributed by atoms with Gasteiger partial charge in [-0.3, -0.25) is 4.98 Å². The summed E-state index contributed by atoms with van der Waals surface area (Å²) in [5.74, 6) is -0.183. The van der Waals surface area contributed by atoms with Crippen LogP contribution in [0.25, 0.3) is 10.9 Å². The number of alkyl halides is 1. The van der Waals surface area contributed by atoms with E-state index in [-0.39, 0.29) is 5.82 Å². The Morgan fingerprint density at radius 3 is 2.88 bits per heavy atom. The minimum Gasteiger partial charge on any atom is -0.253 e. The van der Waals surface area contributed by atoms with Gasteiger partial charge in [-0.1, -0.05) is 15.9 Å². The first kappa shape index (κ1) is 11.1. The molecule has 1 aromatic heterocycles. The molecule has 0 fully saturated rings. The Kier molecular flexibility index (Phi) is 2.87. The number of fused-ring (bicyclic) bond motifs is 2. The number of aryl methyl sites for hydroxylation is 1. The van der Waals surface area contributed by atoms with Crippen molar-refractivity contribution in [2.24, 2.45) is 0 Å². The van der Waals surface area contributed by atoms with Gasteiger partial charge in [0, 0.05) is 16.4 Å². The quantitative estimate of drug-likeness (QED) is 0.720. The first-order valence-corrected chi connectivity index (χ1v) is 7.07. The maximum Gasteiger partial charge on any atom is 0.123 e. The second-order valence-electron chi connectivity index (χ2n) is 4.52. The molecule has 1 heterocycles. The molecule has 1 aromatic carbocycles. The Labute approximate surface area is 108 Å². The molecule has 0 spiro atoms. The van der Waals surface area contributed by atoms with Gasteiger partial charge < -0.3 is 0 Å². The van der Waals surface area contributed by atoms with E-state index >= 15 is 0 Å². The highest BCUT2D eigenvalue weighted by Crippen LogP contribution is 2.30. The van der Waals surface area contributed by atoms with Crippen molar-refractivity contribution in [3.8, 4) is 0 Å². The molecule has 1 aliphatic carbocycles. The van der Waals surface area contributed by atoms with Crippen molar-refractivity contribution in [1.29, 1.82) is 0 Å². The van der Waals surface area contributed by atoms with Crippen molar-refractivity contribution in [3.63, 3.8) is 0 Å². The van der Waals surface area contributed by atoms with Gasteiger partial charge >= 0.3 is 0 Å². The van der Waals surface area contributed by atoms with E-state index in [1.165, 1.54) is 35.7 Å². The van der Waals surface area contributed by atoms with Gasteiger partial charge in [0.15, 0.2) is 0 Å². The van der Waals surface area contributed by atoms with E-state index in [1.807, 2.05) is 0 Å². The topological polar surface area (TPSA) is 12.9 Å². The summed E-state index contributed by atoms with van der Waals surface area (Å²) in [5, 5.41) is 1.74. The summed E-state index contributed by atoms with van der Waals surface area (Å²) < 4.78 is 13.3. The Balaban J connectivity index is 2.35. The Morgan fingerprint density at radius 1 is 1.24 bits per heavy atom. The molecule has 0 saturated heterocycles. The van der Waals surface area contributed by atoms with Gasteiger partial charge in [0.05, 0.1) is 5.52 Å². The summed E-state index contributed by atoms with van der Waals surface area (Å²) in [4.78, 5) is 4.68. The van der Waals surface area contributed by atoms with Gasteiger partial charge in [-0.15, -0.1) is 0 Å². The lowest BCUT2D eigenvalue weighted by Gasteiger charge is -2.19. The highest BCUT2D eigenvalue weighted by molar-refractivity contribution is 9.08. The van der Waals surface area contributed by atoms with Crippen LogP contribution in [0.2, 0.25) is 0 Å². The van der Waals surface area contributed by atoms with Crippen LogP contribution >= 0.6 is 15.9 Å². The average Bonchev–Trinajstić information content (AvgIpc) is 2.36. The van der Waals surface area contributed by atoms with E-state index in [0.29, 0.717) is 0 Å². The molecule has 0 amide bonds. The van der Waals surface area contributed by atoms with Crippen LogP contribution in [-0.2, 0) is 18.2 Å². The summed E-state index contributed by atoms with van der Waals surface area (Å²) in [6, 6.07) is 4.88. The van der Waals surface area contributed by atoms with Crippen molar-refractivity contribution in [2.75, 3.05) is 0 Å². The van der Waals surface area contributed by atoms with E-state index < -0.39 is 0 Å². The number of halogens is 2. The van der Waals surface area contributed by atoms with Crippen molar-refractivity contribution < 1.29 is 4.39 Å². The van der Waals surface area contributed by atoms with E-state index in [1.54, 1.807) is 12.1 Å². The smallest absolute Gasteiger partial charge is 0.123 e. The number of rotatable bonds is 1. The highest BCUT2D eigenvalue weighted by Gasteiger charge is 2.17. The molecular formula is C14H13BrFN. The molecule has 0 atom stereocenters. The molecule has 1 aliphatic rings. The number of benzene rings is 1. The zero-order chi connectivity index (χ0) is 11.8. The van der Waals surface area contributed by atoms with E-state index in [9.17, 15) is 4.39 Å². The minimum atomic E-state index is -0.183. The Bertz CT molecular complexity index is 580. The maximum atomic E-state index is 13.3. The number of hydrogen-bond donors (Lipinski definition) is 0. The predicted molar refractivity (Wildman–Crippen MR) is 71.0 cm³/mol. The zero-order valence-corrected chi connectivity index (χ0v) is 11.1. The van der Waals surface area contributed by atoms with Crippen LogP contribution in [0.4, 0.5) is 4.39 Å². The largest absolute Gasteiger partial charge is 0.253 e. The Morgan fingerprint density at radius 2 is 2.06 bits per heavy atom. The van der Waals surface area contributed by atoms with Crippen LogP contribution in [0.3, 0.4) is 0 Å². The minimum absolute atomic E-state index is 0.183. The number of pyridine rings is 1. The molecule has 88 valence electrons. The number of nitrogens with zero attached hydrogens (tertiary/aromatic N) is 1. The van der Waals surface area contributed by atoms with Gasteiger partial charge in [-0.05, 0) is 55.0 Å². The normalized spacial score (nSPS) is 14.9. The van der Waals surface area contributed by atoms with Gasteiger partial charge in [-0.25, -0.2) is 4.39 Å². The molecule has 3 rings (SSSR count). The fourth-order valence-corrected chi connectivity index (χ4v) is 3.29. The molecule has 0 radical (unpaired) electrons. The van der Waals surface area contributed by atoms with E-state index in [4.69, 9.17) is 0 Å². The zero-order valence-electron chi connectivity index (χ0n) is 9.47. The highest BCUT2D eigenvalue weighted by atomic mass is 79.9. The predicted octanol–water partition coefficient (Wildman–Crippen LogP) is 4.15. The summed E-state index contributed by atoms with van der Waals surface area (Å²) in [7, 11) is 0. The number of aromatic nitrogens is 1. The lowest BCUT2D eigenvalue weighted by molar-refractivity contribution is 0.629. The SMILES string of the molecule is Fc1ccc2nc3c(c(CBr)c2c1)CCCC3. The molecular weight excluding hydrogens is 281 g/mol. The lowest BCUT2D eigenvalue weighted by Crippen LogP contribution is -2.09. The van der Waals surface area contributed by atoms with Crippen LogP contribution in [0, 0.1) is 5.82 Å². The molecule has 0 saturated carbocycles. The second kappa shape index (κ2) is 4.37. The fraction of sp³-hybridized carbons (Fsp3) is 0.357. The lowest BCUT2D eigenvalue weighted by atomic mass is 9.90. The van der Waals surface area contributed by atoms with Crippen molar-refractivity contribution >= 4 is 26.8 Å². The van der Waals surface area contributed by atoms with Gasteiger partial charge in [0.2, 0.25) is 0 Å². The monoisotopic (exact) mass is 293 g/mol. The summed E-state index contributed by atoms with van der Waals surface area (Å²) >= 11 is 3.53. The summed E-state index contributed by atoms with van der Waals surface area (Å²) in [6.07, 6.45) is 4.57. The average molecular weight is 294 g/mol. The van der Waals surface area contributed by atoms with Crippen LogP contribution in [-0.4, -0.2) is 4.98 Å². The third kappa shape index (κ3) is 1.86. The molecule has 3 heteroatoms. The van der Waals surface area contributed by atoms with E-state index in [0.717, 1.165) is 29.1 Å². The van der Waals surface area contributed by atoms with Crippen molar-refractivity contribution in [1.82, 2.24) is 4.98 Å². The maximum absolute atomic E-state index is 13.3. The number of hydrogen-bond acceptors (Lipinski definition) is 1. The summed E-state index contributed by atoms with van der Waals surface area (Å²) in [6.45, 7) is 0. The molecule has 0 unspecified atom stereocenters. The van der Waals surface area contributed by atoms with Crippen LogP contribution < -0.4 is 0 Å². The van der Waals surface area contributed by atoms with Gasteiger partial charge in [0.1, 0.15) is 5.82 Å². The first-order valence-electron chi connectivity index (χ1n) is 5.95. The Hall–Kier alpha value is -0.960. The van der Waals surface area contributed by atoms with Gasteiger partial charge in [-0.2, -0.15) is 0 Å². The van der Waals surface area contributed by atoms with E-state index in [2.05, 4.69) is 20.9 Å². The first-order chi connectivity index (χ1) is 8.29. The summed E-state index contributed by atoms with van der Waals surface area (Å²) in [5.41, 5.74) is 4.70. The standard InChI is InChI=1S/C14H13BrFN/c15-8-12-10-3-1-2-4-13(10)17-14-6-5-9(16)7-11(12)14/h5-7H,1-4,8H2. The third-order valence-electron chi connectivity index (χ3n) is 3.48. The van der Waals surface area contributed by atoms with Crippen LogP contribution in [0.5, 0.6) is 0 Å². The fourth-order valence-electron chi connectivity index (χ4n) is 2.65. The molecule has 17 heavy (non-hydrogen) atoms. The molecule has 0 bridgehead atoms. The second-order valence-corrected chi connectivity index (χ2v) is 5.08.